The van der Waals surface area contributed by atoms with E-state index in [4.69, 9.17) is 5.73 Å². The highest BCUT2D eigenvalue weighted by molar-refractivity contribution is 4.87. The SMILES string of the molecule is CCC(C)CC(N)(CC)C(C)C. The van der Waals surface area contributed by atoms with Gasteiger partial charge in [0.2, 0.25) is 0 Å². The van der Waals surface area contributed by atoms with Gasteiger partial charge in [-0.1, -0.05) is 41.0 Å². The van der Waals surface area contributed by atoms with Crippen LogP contribution in [-0.2, 0) is 0 Å². The van der Waals surface area contributed by atoms with E-state index in [0.29, 0.717) is 5.92 Å². The fourth-order valence-electron chi connectivity index (χ4n) is 1.58. The van der Waals surface area contributed by atoms with Crippen LogP contribution in [0, 0.1) is 11.8 Å². The van der Waals surface area contributed by atoms with Crippen LogP contribution in [-0.4, -0.2) is 5.54 Å². The number of hydrogen-bond donors (Lipinski definition) is 1. The Morgan fingerprint density at radius 2 is 1.67 bits per heavy atom. The molecule has 0 saturated carbocycles. The second-order valence-electron chi connectivity index (χ2n) is 4.46. The fraction of sp³-hybridized carbons (Fsp3) is 1.00. The summed E-state index contributed by atoms with van der Waals surface area (Å²) in [6, 6.07) is 0. The summed E-state index contributed by atoms with van der Waals surface area (Å²) in [6.07, 6.45) is 3.50. The normalized spacial score (nSPS) is 19.2. The third-order valence-electron chi connectivity index (χ3n) is 3.23. The second-order valence-corrected chi connectivity index (χ2v) is 4.46. The van der Waals surface area contributed by atoms with Gasteiger partial charge in [-0.3, -0.25) is 0 Å². The van der Waals surface area contributed by atoms with E-state index in [1.54, 1.807) is 0 Å². The van der Waals surface area contributed by atoms with Crippen molar-refractivity contribution >= 4 is 0 Å². The lowest BCUT2D eigenvalue weighted by Gasteiger charge is -2.34. The van der Waals surface area contributed by atoms with Gasteiger partial charge in [0.05, 0.1) is 0 Å². The minimum atomic E-state index is 0.0649. The molecule has 0 bridgehead atoms. The molecule has 0 saturated heterocycles. The summed E-state index contributed by atoms with van der Waals surface area (Å²) in [5.74, 6) is 1.36. The van der Waals surface area contributed by atoms with E-state index in [-0.39, 0.29) is 5.54 Å². The molecule has 0 aliphatic carbocycles. The Hall–Kier alpha value is -0.0400. The molecule has 2 unspecified atom stereocenters. The minimum absolute atomic E-state index is 0.0649. The van der Waals surface area contributed by atoms with Crippen molar-refractivity contribution in [1.82, 2.24) is 0 Å². The summed E-state index contributed by atoms with van der Waals surface area (Å²) in [6.45, 7) is 11.2. The molecule has 0 fully saturated rings. The predicted octanol–water partition coefficient (Wildman–Crippen LogP) is 3.19. The van der Waals surface area contributed by atoms with Gasteiger partial charge in [0, 0.05) is 5.54 Å². The monoisotopic (exact) mass is 171 g/mol. The Morgan fingerprint density at radius 1 is 1.17 bits per heavy atom. The third kappa shape index (κ3) is 3.14. The van der Waals surface area contributed by atoms with Crippen molar-refractivity contribution in [2.45, 2.75) is 59.4 Å². The fourth-order valence-corrected chi connectivity index (χ4v) is 1.58. The molecule has 74 valence electrons. The number of rotatable bonds is 5. The van der Waals surface area contributed by atoms with Crippen molar-refractivity contribution in [3.63, 3.8) is 0 Å². The van der Waals surface area contributed by atoms with Gasteiger partial charge in [0.25, 0.3) is 0 Å². The molecule has 1 nitrogen and oxygen atoms in total. The first kappa shape index (κ1) is 12.0. The summed E-state index contributed by atoms with van der Waals surface area (Å²) in [7, 11) is 0. The van der Waals surface area contributed by atoms with E-state index < -0.39 is 0 Å². The van der Waals surface area contributed by atoms with Gasteiger partial charge in [-0.15, -0.1) is 0 Å². The van der Waals surface area contributed by atoms with E-state index in [1.807, 2.05) is 0 Å². The first-order chi connectivity index (χ1) is 5.46. The van der Waals surface area contributed by atoms with Gasteiger partial charge in [0.1, 0.15) is 0 Å². The van der Waals surface area contributed by atoms with Crippen molar-refractivity contribution in [3.8, 4) is 0 Å². The van der Waals surface area contributed by atoms with Crippen LogP contribution in [0.15, 0.2) is 0 Å². The molecular weight excluding hydrogens is 146 g/mol. The largest absolute Gasteiger partial charge is 0.325 e. The summed E-state index contributed by atoms with van der Waals surface area (Å²) < 4.78 is 0. The predicted molar refractivity (Wildman–Crippen MR) is 56.1 cm³/mol. The zero-order valence-corrected chi connectivity index (χ0v) is 9.35. The molecule has 0 aromatic heterocycles. The lowest BCUT2D eigenvalue weighted by atomic mass is 9.77. The maximum atomic E-state index is 6.32. The van der Waals surface area contributed by atoms with Crippen molar-refractivity contribution in [3.05, 3.63) is 0 Å². The van der Waals surface area contributed by atoms with Crippen LogP contribution in [0.5, 0.6) is 0 Å². The van der Waals surface area contributed by atoms with Crippen molar-refractivity contribution in [1.29, 1.82) is 0 Å². The van der Waals surface area contributed by atoms with E-state index in [1.165, 1.54) is 6.42 Å². The minimum Gasteiger partial charge on any atom is -0.325 e. The lowest BCUT2D eigenvalue weighted by molar-refractivity contribution is 0.237. The van der Waals surface area contributed by atoms with Gasteiger partial charge in [-0.05, 0) is 24.7 Å². The third-order valence-corrected chi connectivity index (χ3v) is 3.23. The summed E-state index contributed by atoms with van der Waals surface area (Å²) >= 11 is 0. The van der Waals surface area contributed by atoms with Crippen LogP contribution < -0.4 is 5.73 Å². The molecule has 0 amide bonds. The molecule has 2 N–H and O–H groups in total. The molecule has 0 spiro atoms. The Bertz CT molecular complexity index is 120. The molecule has 0 aromatic carbocycles. The molecule has 0 heterocycles. The first-order valence-corrected chi connectivity index (χ1v) is 5.25. The van der Waals surface area contributed by atoms with E-state index in [9.17, 15) is 0 Å². The number of hydrogen-bond acceptors (Lipinski definition) is 1. The van der Waals surface area contributed by atoms with Gasteiger partial charge in [-0.25, -0.2) is 0 Å². The second kappa shape index (κ2) is 4.86. The quantitative estimate of drug-likeness (QED) is 0.675. The van der Waals surface area contributed by atoms with E-state index in [2.05, 4.69) is 34.6 Å². The van der Waals surface area contributed by atoms with Crippen LogP contribution in [0.3, 0.4) is 0 Å². The molecule has 0 radical (unpaired) electrons. The molecular formula is C11H25N. The zero-order valence-electron chi connectivity index (χ0n) is 9.35. The van der Waals surface area contributed by atoms with Crippen molar-refractivity contribution in [2.24, 2.45) is 17.6 Å². The van der Waals surface area contributed by atoms with E-state index in [0.717, 1.165) is 18.8 Å². The average molecular weight is 171 g/mol. The Kier molecular flexibility index (Phi) is 4.84. The molecule has 0 aliphatic rings. The van der Waals surface area contributed by atoms with Crippen LogP contribution in [0.2, 0.25) is 0 Å². The number of nitrogens with two attached hydrogens (primary N) is 1. The van der Waals surface area contributed by atoms with Gasteiger partial charge >= 0.3 is 0 Å². The standard InChI is InChI=1S/C11H25N/c1-6-10(5)8-11(12,7-2)9(3)4/h9-10H,6-8,12H2,1-5H3. The summed E-state index contributed by atoms with van der Waals surface area (Å²) in [4.78, 5) is 0. The van der Waals surface area contributed by atoms with E-state index >= 15 is 0 Å². The smallest absolute Gasteiger partial charge is 0.0177 e. The Balaban J connectivity index is 4.14. The molecule has 0 rings (SSSR count). The molecule has 0 aliphatic heterocycles. The highest BCUT2D eigenvalue weighted by Crippen LogP contribution is 2.27. The highest BCUT2D eigenvalue weighted by Gasteiger charge is 2.28. The average Bonchev–Trinajstić information content (AvgIpc) is 2.03. The maximum Gasteiger partial charge on any atom is 0.0177 e. The topological polar surface area (TPSA) is 26.0 Å². The molecule has 1 heteroatoms. The van der Waals surface area contributed by atoms with Crippen LogP contribution in [0.25, 0.3) is 0 Å². The molecule has 0 aromatic rings. The van der Waals surface area contributed by atoms with Crippen molar-refractivity contribution in [2.75, 3.05) is 0 Å². The lowest BCUT2D eigenvalue weighted by Crippen LogP contribution is -2.45. The van der Waals surface area contributed by atoms with Gasteiger partial charge < -0.3 is 5.73 Å². The van der Waals surface area contributed by atoms with Crippen molar-refractivity contribution < 1.29 is 0 Å². The van der Waals surface area contributed by atoms with Crippen LogP contribution >= 0.6 is 0 Å². The first-order valence-electron chi connectivity index (χ1n) is 5.25. The summed E-state index contributed by atoms with van der Waals surface area (Å²) in [5.41, 5.74) is 6.38. The van der Waals surface area contributed by atoms with Gasteiger partial charge in [-0.2, -0.15) is 0 Å². The van der Waals surface area contributed by atoms with Crippen LogP contribution in [0.4, 0.5) is 0 Å². The van der Waals surface area contributed by atoms with Crippen LogP contribution in [0.1, 0.15) is 53.9 Å². The highest BCUT2D eigenvalue weighted by atomic mass is 14.7. The summed E-state index contributed by atoms with van der Waals surface area (Å²) in [5, 5.41) is 0. The van der Waals surface area contributed by atoms with Gasteiger partial charge in [0.15, 0.2) is 0 Å². The molecule has 12 heavy (non-hydrogen) atoms. The molecule has 2 atom stereocenters. The maximum absolute atomic E-state index is 6.32. The Labute approximate surface area is 77.7 Å². The Morgan fingerprint density at radius 3 is 1.92 bits per heavy atom. The zero-order chi connectivity index (χ0) is 9.78.